The van der Waals surface area contributed by atoms with Gasteiger partial charge in [0.25, 0.3) is 0 Å². The zero-order valence-electron chi connectivity index (χ0n) is 13.0. The SMILES string of the molecule is Oc1ccc2cccc(-n3c(O)c4c(c3O)[C@H]3C=C[C@@H]4CC3)c2c1. The van der Waals surface area contributed by atoms with Gasteiger partial charge in [0, 0.05) is 28.3 Å². The Morgan fingerprint density at radius 2 is 1.50 bits per heavy atom. The van der Waals surface area contributed by atoms with Crippen LogP contribution in [0.2, 0.25) is 0 Å². The number of nitrogens with zero attached hydrogens (tertiary/aromatic N) is 1. The Hall–Kier alpha value is -2.88. The number of phenolic OH excluding ortho intramolecular Hbond substituents is 1. The number of benzene rings is 2. The molecule has 1 aromatic heterocycles. The Morgan fingerprint density at radius 3 is 2.12 bits per heavy atom. The van der Waals surface area contributed by atoms with E-state index in [1.54, 1.807) is 12.1 Å². The van der Waals surface area contributed by atoms with Crippen LogP contribution in [-0.4, -0.2) is 19.9 Å². The molecule has 6 rings (SSSR count). The highest BCUT2D eigenvalue weighted by atomic mass is 16.3. The molecule has 0 spiro atoms. The van der Waals surface area contributed by atoms with Crippen molar-refractivity contribution in [3.8, 4) is 23.2 Å². The van der Waals surface area contributed by atoms with Crippen LogP contribution in [0.3, 0.4) is 0 Å². The van der Waals surface area contributed by atoms with E-state index in [1.807, 2.05) is 24.3 Å². The van der Waals surface area contributed by atoms with Crippen LogP contribution in [0.4, 0.5) is 0 Å². The smallest absolute Gasteiger partial charge is 0.202 e. The van der Waals surface area contributed by atoms with Crippen molar-refractivity contribution in [2.24, 2.45) is 0 Å². The zero-order valence-corrected chi connectivity index (χ0v) is 13.0. The first kappa shape index (κ1) is 13.5. The topological polar surface area (TPSA) is 65.6 Å². The molecular weight excluding hydrogens is 302 g/mol. The lowest BCUT2D eigenvalue weighted by Gasteiger charge is -2.30. The number of rotatable bonds is 1. The third-order valence-electron chi connectivity index (χ3n) is 5.39. The van der Waals surface area contributed by atoms with Crippen molar-refractivity contribution in [2.45, 2.75) is 24.7 Å². The molecule has 3 N–H and O–H groups in total. The quantitative estimate of drug-likeness (QED) is 0.587. The average molecular weight is 319 g/mol. The Labute approximate surface area is 138 Å². The van der Waals surface area contributed by atoms with Gasteiger partial charge in [0.15, 0.2) is 0 Å². The molecule has 2 bridgehead atoms. The fourth-order valence-electron chi connectivity index (χ4n) is 4.28. The van der Waals surface area contributed by atoms with Crippen molar-refractivity contribution >= 4 is 10.8 Å². The van der Waals surface area contributed by atoms with Crippen molar-refractivity contribution in [1.29, 1.82) is 0 Å². The van der Waals surface area contributed by atoms with Gasteiger partial charge < -0.3 is 15.3 Å². The van der Waals surface area contributed by atoms with E-state index in [1.165, 1.54) is 4.57 Å². The zero-order chi connectivity index (χ0) is 16.4. The number of hydrogen-bond acceptors (Lipinski definition) is 3. The summed E-state index contributed by atoms with van der Waals surface area (Å²) in [4.78, 5) is 0. The van der Waals surface area contributed by atoms with Crippen LogP contribution in [0.5, 0.6) is 17.5 Å². The molecule has 0 saturated heterocycles. The molecule has 120 valence electrons. The largest absolute Gasteiger partial charge is 0.508 e. The lowest BCUT2D eigenvalue weighted by atomic mass is 9.73. The standard InChI is InChI=1S/C20H17NO3/c22-14-9-8-11-2-1-3-16(15(11)10-14)21-19(23)17-12-4-5-13(7-6-12)18(17)20(21)24/h1-5,8-10,12-13,22-24H,6-7H2/t12-,13+. The molecule has 0 radical (unpaired) electrons. The maximum Gasteiger partial charge on any atom is 0.202 e. The second-order valence-corrected chi connectivity index (χ2v) is 6.67. The highest BCUT2D eigenvalue weighted by molar-refractivity contribution is 5.92. The fraction of sp³-hybridized carbons (Fsp3) is 0.200. The highest BCUT2D eigenvalue weighted by Gasteiger charge is 2.38. The van der Waals surface area contributed by atoms with Crippen molar-refractivity contribution in [1.82, 2.24) is 4.57 Å². The first-order chi connectivity index (χ1) is 11.6. The van der Waals surface area contributed by atoms with E-state index in [4.69, 9.17) is 0 Å². The van der Waals surface area contributed by atoms with Gasteiger partial charge >= 0.3 is 0 Å². The molecule has 2 aromatic carbocycles. The number of fused-ring (bicyclic) bond motifs is 2. The third-order valence-corrected chi connectivity index (χ3v) is 5.39. The Bertz CT molecular complexity index is 978. The van der Waals surface area contributed by atoms with E-state index in [2.05, 4.69) is 12.2 Å². The van der Waals surface area contributed by atoms with Crippen LogP contribution in [0.25, 0.3) is 16.5 Å². The van der Waals surface area contributed by atoms with Gasteiger partial charge in [-0.25, -0.2) is 0 Å². The summed E-state index contributed by atoms with van der Waals surface area (Å²) >= 11 is 0. The maximum absolute atomic E-state index is 10.9. The summed E-state index contributed by atoms with van der Waals surface area (Å²) in [5, 5.41) is 33.3. The summed E-state index contributed by atoms with van der Waals surface area (Å²) in [6, 6.07) is 10.8. The van der Waals surface area contributed by atoms with Crippen molar-refractivity contribution in [3.63, 3.8) is 0 Å². The number of aromatic nitrogens is 1. The second kappa shape index (κ2) is 4.57. The van der Waals surface area contributed by atoms with Crippen LogP contribution >= 0.6 is 0 Å². The first-order valence-corrected chi connectivity index (χ1v) is 8.22. The molecule has 0 saturated carbocycles. The van der Waals surface area contributed by atoms with Gasteiger partial charge in [-0.1, -0.05) is 30.4 Å². The third kappa shape index (κ3) is 1.63. The highest BCUT2D eigenvalue weighted by Crippen LogP contribution is 2.54. The molecule has 1 heterocycles. The van der Waals surface area contributed by atoms with Crippen molar-refractivity contribution < 1.29 is 15.3 Å². The molecule has 3 aliphatic carbocycles. The van der Waals surface area contributed by atoms with Gasteiger partial charge in [0.1, 0.15) is 5.75 Å². The molecule has 2 atom stereocenters. The van der Waals surface area contributed by atoms with Crippen molar-refractivity contribution in [2.75, 3.05) is 0 Å². The molecule has 4 heteroatoms. The fourth-order valence-corrected chi connectivity index (χ4v) is 4.28. The van der Waals surface area contributed by atoms with Gasteiger partial charge in [-0.2, -0.15) is 0 Å². The first-order valence-electron chi connectivity index (χ1n) is 8.22. The second-order valence-electron chi connectivity index (χ2n) is 6.67. The van der Waals surface area contributed by atoms with Crippen LogP contribution < -0.4 is 0 Å². The van der Waals surface area contributed by atoms with Crippen LogP contribution in [0.15, 0.2) is 48.6 Å². The van der Waals surface area contributed by atoms with E-state index < -0.39 is 0 Å². The summed E-state index contributed by atoms with van der Waals surface area (Å²) in [5.74, 6) is 0.712. The molecule has 24 heavy (non-hydrogen) atoms. The van der Waals surface area contributed by atoms with E-state index in [0.29, 0.717) is 5.69 Å². The Kier molecular flexibility index (Phi) is 2.58. The Morgan fingerprint density at radius 1 is 0.833 bits per heavy atom. The van der Waals surface area contributed by atoms with Gasteiger partial charge in [-0.05, 0) is 36.4 Å². The van der Waals surface area contributed by atoms with Gasteiger partial charge in [0.05, 0.1) is 5.69 Å². The van der Waals surface area contributed by atoms with E-state index in [9.17, 15) is 15.3 Å². The summed E-state index contributed by atoms with van der Waals surface area (Å²) in [6.45, 7) is 0. The van der Waals surface area contributed by atoms with E-state index in [-0.39, 0.29) is 29.3 Å². The number of phenols is 1. The molecule has 0 amide bonds. The molecule has 0 unspecified atom stereocenters. The van der Waals surface area contributed by atoms with Crippen LogP contribution in [0.1, 0.15) is 35.8 Å². The molecule has 0 aliphatic heterocycles. The van der Waals surface area contributed by atoms with Gasteiger partial charge in [-0.15, -0.1) is 0 Å². The number of hydrogen-bond donors (Lipinski definition) is 3. The van der Waals surface area contributed by atoms with Gasteiger partial charge in [0.2, 0.25) is 11.8 Å². The predicted octanol–water partition coefficient (Wildman–Crippen LogP) is 4.28. The van der Waals surface area contributed by atoms with Crippen molar-refractivity contribution in [3.05, 3.63) is 59.7 Å². The lowest BCUT2D eigenvalue weighted by molar-refractivity contribution is 0.399. The monoisotopic (exact) mass is 319 g/mol. The minimum absolute atomic E-state index is 0.109. The number of allylic oxidation sites excluding steroid dienone is 2. The molecule has 0 fully saturated rings. The lowest BCUT2D eigenvalue weighted by Crippen LogP contribution is -2.15. The van der Waals surface area contributed by atoms with E-state index in [0.717, 1.165) is 34.7 Å². The molecule has 4 nitrogen and oxygen atoms in total. The minimum Gasteiger partial charge on any atom is -0.508 e. The molecule has 3 aliphatic rings. The summed E-state index contributed by atoms with van der Waals surface area (Å²) < 4.78 is 1.52. The van der Waals surface area contributed by atoms with Crippen LogP contribution in [-0.2, 0) is 0 Å². The van der Waals surface area contributed by atoms with Crippen LogP contribution in [0, 0.1) is 0 Å². The predicted molar refractivity (Wildman–Crippen MR) is 92.1 cm³/mol. The summed E-state index contributed by atoms with van der Waals surface area (Å²) in [7, 11) is 0. The average Bonchev–Trinajstić information content (AvgIpc) is 2.89. The summed E-state index contributed by atoms with van der Waals surface area (Å²) in [5.41, 5.74) is 2.37. The normalized spacial score (nSPS) is 21.3. The Balaban J connectivity index is 1.84. The minimum atomic E-state index is 0.109. The molecule has 3 aromatic rings. The summed E-state index contributed by atoms with van der Waals surface area (Å²) in [6.07, 6.45) is 6.27. The number of aromatic hydroxyl groups is 3. The molecular formula is C20H17NO3. The van der Waals surface area contributed by atoms with Gasteiger partial charge in [-0.3, -0.25) is 4.57 Å². The van der Waals surface area contributed by atoms with E-state index >= 15 is 0 Å². The maximum atomic E-state index is 10.9.